The Labute approximate surface area is 252 Å². The summed E-state index contributed by atoms with van der Waals surface area (Å²) in [6, 6.07) is 11.8. The Bertz CT molecular complexity index is 1190. The minimum atomic E-state index is -0.751. The van der Waals surface area contributed by atoms with Crippen molar-refractivity contribution in [2.75, 3.05) is 0 Å². The largest absolute Gasteiger partial charge is 0.514 e. The third kappa shape index (κ3) is 8.09. The maximum Gasteiger partial charge on any atom is 0.514 e. The highest BCUT2D eigenvalue weighted by molar-refractivity contribution is 14.1. The smallest absolute Gasteiger partial charge is 0.420 e. The lowest BCUT2D eigenvalue weighted by Gasteiger charge is -2.19. The van der Waals surface area contributed by atoms with Gasteiger partial charge in [0.25, 0.3) is 0 Å². The molecule has 2 unspecified atom stereocenters. The molecular formula is C30H36I2O6. The summed E-state index contributed by atoms with van der Waals surface area (Å²) in [6.45, 7) is 8.32. The number of rotatable bonds is 12. The fourth-order valence-corrected chi connectivity index (χ4v) is 5.47. The van der Waals surface area contributed by atoms with Crippen LogP contribution in [0.5, 0.6) is 11.5 Å². The molecule has 8 heteroatoms. The maximum absolute atomic E-state index is 12.9. The van der Waals surface area contributed by atoms with Crippen molar-refractivity contribution in [1.82, 2.24) is 0 Å². The third-order valence-corrected chi connectivity index (χ3v) is 8.11. The van der Waals surface area contributed by atoms with E-state index in [-0.39, 0.29) is 8.22 Å². The number of hydrogen-bond donors (Lipinski definition) is 0. The molecular weight excluding hydrogens is 710 g/mol. The zero-order valence-corrected chi connectivity index (χ0v) is 26.8. The molecule has 0 spiro atoms. The van der Waals surface area contributed by atoms with Crippen molar-refractivity contribution < 1.29 is 28.5 Å². The Morgan fingerprint density at radius 3 is 1.42 bits per heavy atom. The second-order valence-electron chi connectivity index (χ2n) is 9.17. The monoisotopic (exact) mass is 746 g/mol. The fourth-order valence-electron chi connectivity index (χ4n) is 4.18. The number of fused-ring (bicyclic) bond motifs is 2. The number of hydrogen-bond acceptors (Lipinski definition) is 6. The molecule has 3 rings (SSSR count). The highest BCUT2D eigenvalue weighted by atomic mass is 127. The third-order valence-electron chi connectivity index (χ3n) is 6.35. The van der Waals surface area contributed by atoms with Crippen molar-refractivity contribution in [2.45, 2.75) is 87.3 Å². The number of halogens is 2. The molecule has 0 aliphatic heterocycles. The van der Waals surface area contributed by atoms with Crippen LogP contribution in [0.2, 0.25) is 0 Å². The number of aryl methyl sites for hydroxylation is 2. The predicted molar refractivity (Wildman–Crippen MR) is 169 cm³/mol. The van der Waals surface area contributed by atoms with Crippen LogP contribution >= 0.6 is 45.2 Å². The number of ether oxygens (including phenoxy) is 4. The average molecular weight is 746 g/mol. The molecule has 6 nitrogen and oxygen atoms in total. The topological polar surface area (TPSA) is 71.1 Å². The van der Waals surface area contributed by atoms with E-state index in [1.165, 1.54) is 0 Å². The number of carbonyl (C=O) groups excluding carboxylic acids is 2. The first-order valence-corrected chi connectivity index (χ1v) is 15.9. The van der Waals surface area contributed by atoms with Crippen LogP contribution in [0.4, 0.5) is 9.59 Å². The lowest BCUT2D eigenvalue weighted by atomic mass is 9.96. The fraction of sp³-hybridized carbons (Fsp3) is 0.467. The number of unbranched alkanes of at least 4 members (excludes halogenated alkanes) is 2. The molecule has 0 saturated heterocycles. The molecule has 0 saturated carbocycles. The van der Waals surface area contributed by atoms with Crippen LogP contribution in [-0.4, -0.2) is 20.5 Å². The Morgan fingerprint density at radius 2 is 1.05 bits per heavy atom. The molecule has 3 aromatic carbocycles. The van der Waals surface area contributed by atoms with E-state index < -0.39 is 12.3 Å². The first-order chi connectivity index (χ1) is 18.3. The molecule has 206 valence electrons. The molecule has 38 heavy (non-hydrogen) atoms. The van der Waals surface area contributed by atoms with Gasteiger partial charge in [0.2, 0.25) is 0 Å². The molecule has 0 fully saturated rings. The van der Waals surface area contributed by atoms with Crippen molar-refractivity contribution in [3.63, 3.8) is 0 Å². The summed E-state index contributed by atoms with van der Waals surface area (Å²) in [4.78, 5) is 25.7. The summed E-state index contributed by atoms with van der Waals surface area (Å²) in [7, 11) is 0. The predicted octanol–water partition coefficient (Wildman–Crippen LogP) is 10.1. The van der Waals surface area contributed by atoms with Gasteiger partial charge >= 0.3 is 12.3 Å². The summed E-state index contributed by atoms with van der Waals surface area (Å²) in [5.74, 6) is 0.792. The van der Waals surface area contributed by atoms with E-state index in [9.17, 15) is 9.59 Å². The molecule has 3 aromatic rings. The number of carbonyl (C=O) groups is 2. The van der Waals surface area contributed by atoms with Crippen LogP contribution in [0.25, 0.3) is 21.5 Å². The van der Waals surface area contributed by atoms with Crippen LogP contribution in [-0.2, 0) is 22.3 Å². The molecule has 2 atom stereocenters. The molecule has 0 radical (unpaired) electrons. The van der Waals surface area contributed by atoms with Crippen molar-refractivity contribution in [2.24, 2.45) is 0 Å². The van der Waals surface area contributed by atoms with Gasteiger partial charge in [-0.05, 0) is 107 Å². The second-order valence-corrected chi connectivity index (χ2v) is 11.9. The molecule has 0 aromatic heterocycles. The molecule has 0 N–H and O–H groups in total. The van der Waals surface area contributed by atoms with Crippen LogP contribution in [0.15, 0.2) is 36.4 Å². The van der Waals surface area contributed by atoms with Gasteiger partial charge < -0.3 is 18.9 Å². The van der Waals surface area contributed by atoms with E-state index in [4.69, 9.17) is 18.9 Å². The van der Waals surface area contributed by atoms with Crippen LogP contribution in [0, 0.1) is 0 Å². The number of alkyl halides is 2. The van der Waals surface area contributed by atoms with Gasteiger partial charge in [-0.3, -0.25) is 0 Å². The Balaban J connectivity index is 2.11. The normalized spacial score (nSPS) is 12.8. The summed E-state index contributed by atoms with van der Waals surface area (Å²) in [6.07, 6.45) is 5.59. The summed E-state index contributed by atoms with van der Waals surface area (Å²) >= 11 is 4.24. The van der Waals surface area contributed by atoms with Gasteiger partial charge in [0, 0.05) is 21.5 Å². The van der Waals surface area contributed by atoms with Crippen molar-refractivity contribution in [1.29, 1.82) is 0 Å². The second kappa shape index (κ2) is 15.1. The van der Waals surface area contributed by atoms with Gasteiger partial charge in [-0.25, -0.2) is 9.59 Å². The Kier molecular flexibility index (Phi) is 12.2. The highest BCUT2D eigenvalue weighted by Gasteiger charge is 2.23. The van der Waals surface area contributed by atoms with E-state index in [0.717, 1.165) is 62.5 Å². The van der Waals surface area contributed by atoms with Crippen LogP contribution < -0.4 is 9.47 Å². The first-order valence-electron chi connectivity index (χ1n) is 13.4. The molecule has 0 bridgehead atoms. The van der Waals surface area contributed by atoms with Gasteiger partial charge in [-0.2, -0.15) is 0 Å². The first kappa shape index (κ1) is 30.7. The van der Waals surface area contributed by atoms with Crippen molar-refractivity contribution in [3.8, 4) is 11.5 Å². The van der Waals surface area contributed by atoms with E-state index in [1.807, 2.05) is 36.4 Å². The van der Waals surface area contributed by atoms with Crippen LogP contribution in [0.1, 0.15) is 77.3 Å². The minimum absolute atomic E-state index is 0.276. The van der Waals surface area contributed by atoms with Gasteiger partial charge in [0.05, 0.1) is 0 Å². The van der Waals surface area contributed by atoms with Crippen LogP contribution in [0.3, 0.4) is 0 Å². The zero-order valence-electron chi connectivity index (χ0n) is 22.5. The Morgan fingerprint density at radius 1 is 0.658 bits per heavy atom. The van der Waals surface area contributed by atoms with E-state index in [0.29, 0.717) is 33.0 Å². The molecule has 0 amide bonds. The lowest BCUT2D eigenvalue weighted by molar-refractivity contribution is 0.0906. The molecule has 0 aliphatic rings. The van der Waals surface area contributed by atoms with Gasteiger partial charge in [0.15, 0.2) is 8.22 Å². The zero-order chi connectivity index (χ0) is 27.7. The van der Waals surface area contributed by atoms with E-state index >= 15 is 0 Å². The highest BCUT2D eigenvalue weighted by Crippen LogP contribution is 2.44. The number of benzene rings is 3. The molecule has 0 aliphatic carbocycles. The lowest BCUT2D eigenvalue weighted by Crippen LogP contribution is -2.18. The SMILES string of the molecule is CCCCC(I)OC(=O)Oc1c2ccc(CC)cc2c(OC(=O)OC(I)CCCC)c2cc(CC)ccc12. The summed E-state index contributed by atoms with van der Waals surface area (Å²) in [5, 5.41) is 2.68. The standard InChI is InChI=1S/C30H36I2O6/c1-5-9-11-25(31)35-29(33)37-27-21-15-13-19(7-3)17-23(21)28(24-18-20(8-4)14-16-22(24)27)38-30(34)36-26(32)12-10-6-2/h13-18,25-26H,5-12H2,1-4H3. The Hall–Kier alpha value is -1.82. The quantitative estimate of drug-likeness (QED) is 0.0605. The van der Waals surface area contributed by atoms with E-state index in [1.54, 1.807) is 0 Å². The van der Waals surface area contributed by atoms with Gasteiger partial charge in [-0.1, -0.05) is 64.8 Å². The summed E-state index contributed by atoms with van der Waals surface area (Å²) < 4.78 is 22.3. The average Bonchev–Trinajstić information content (AvgIpc) is 2.91. The van der Waals surface area contributed by atoms with Crippen molar-refractivity contribution >= 4 is 79.0 Å². The van der Waals surface area contributed by atoms with Crippen molar-refractivity contribution in [3.05, 3.63) is 47.5 Å². The molecule has 0 heterocycles. The van der Waals surface area contributed by atoms with Gasteiger partial charge in [-0.15, -0.1) is 0 Å². The van der Waals surface area contributed by atoms with Gasteiger partial charge in [0.1, 0.15) is 11.5 Å². The summed E-state index contributed by atoms with van der Waals surface area (Å²) in [5.41, 5.74) is 2.13. The van der Waals surface area contributed by atoms with E-state index in [2.05, 4.69) is 72.9 Å². The maximum atomic E-state index is 12.9. The minimum Gasteiger partial charge on any atom is -0.420 e.